The molecule has 0 saturated carbocycles. The topological polar surface area (TPSA) is 51.2 Å². The normalized spacial score (nSPS) is 11.5. The molecule has 0 amide bonds. The van der Waals surface area contributed by atoms with E-state index in [0.717, 1.165) is 6.26 Å². The van der Waals surface area contributed by atoms with Crippen molar-refractivity contribution in [1.82, 2.24) is 0 Å². The summed E-state index contributed by atoms with van der Waals surface area (Å²) in [5.74, 6) is -0.559. The van der Waals surface area contributed by atoms with Crippen LogP contribution in [0.3, 0.4) is 0 Å². The van der Waals surface area contributed by atoms with E-state index < -0.39 is 15.7 Å². The largest absolute Gasteiger partial charge is 0.300 e. The standard InChI is InChI=1S/C12H15FO3S/c1-9(14)7-10-3-4-11(12(13)8-10)5-6-17(2,15)16/h3-4,8H,5-7H2,1-2H3. The molecule has 0 N–H and O–H groups in total. The molecule has 0 saturated heterocycles. The fourth-order valence-corrected chi connectivity index (χ4v) is 2.08. The molecule has 0 radical (unpaired) electrons. The molecule has 0 heterocycles. The van der Waals surface area contributed by atoms with Crippen LogP contribution in [0.2, 0.25) is 0 Å². The number of hydrogen-bond donors (Lipinski definition) is 0. The average Bonchev–Trinajstić information content (AvgIpc) is 2.13. The lowest BCUT2D eigenvalue weighted by atomic mass is 10.1. The first-order chi connectivity index (χ1) is 7.78. The molecule has 0 atom stereocenters. The molecule has 1 rings (SSSR count). The second kappa shape index (κ2) is 5.40. The van der Waals surface area contributed by atoms with Gasteiger partial charge in [0.25, 0.3) is 0 Å². The lowest BCUT2D eigenvalue weighted by Crippen LogP contribution is -2.07. The van der Waals surface area contributed by atoms with Crippen LogP contribution in [-0.2, 0) is 27.5 Å². The molecule has 0 bridgehead atoms. The van der Waals surface area contributed by atoms with Gasteiger partial charge in [0.15, 0.2) is 0 Å². The molecule has 1 aromatic rings. The maximum absolute atomic E-state index is 13.6. The van der Waals surface area contributed by atoms with Crippen LogP contribution >= 0.6 is 0 Å². The number of halogens is 1. The average molecular weight is 258 g/mol. The van der Waals surface area contributed by atoms with E-state index in [2.05, 4.69) is 0 Å². The molecular weight excluding hydrogens is 243 g/mol. The zero-order valence-electron chi connectivity index (χ0n) is 9.86. The zero-order chi connectivity index (χ0) is 13.1. The van der Waals surface area contributed by atoms with Gasteiger partial charge in [0.2, 0.25) is 0 Å². The number of rotatable bonds is 5. The lowest BCUT2D eigenvalue weighted by molar-refractivity contribution is -0.116. The summed E-state index contributed by atoms with van der Waals surface area (Å²) >= 11 is 0. The second-order valence-electron chi connectivity index (χ2n) is 4.18. The first-order valence-electron chi connectivity index (χ1n) is 5.22. The lowest BCUT2D eigenvalue weighted by Gasteiger charge is -2.04. The summed E-state index contributed by atoms with van der Waals surface area (Å²) in [5.41, 5.74) is 0.973. The minimum atomic E-state index is -3.09. The number of carbonyl (C=O) groups is 1. The molecule has 0 aliphatic rings. The molecular formula is C12H15FO3S. The predicted octanol–water partition coefficient (Wildman–Crippen LogP) is 1.54. The molecule has 17 heavy (non-hydrogen) atoms. The number of aryl methyl sites for hydroxylation is 1. The minimum absolute atomic E-state index is 0.0340. The van der Waals surface area contributed by atoms with Crippen molar-refractivity contribution in [3.8, 4) is 0 Å². The molecule has 94 valence electrons. The van der Waals surface area contributed by atoms with Crippen LogP contribution in [0.5, 0.6) is 0 Å². The molecule has 1 aromatic carbocycles. The monoisotopic (exact) mass is 258 g/mol. The Labute approximate surface area is 101 Å². The highest BCUT2D eigenvalue weighted by Crippen LogP contribution is 2.12. The fourth-order valence-electron chi connectivity index (χ4n) is 1.49. The number of Topliss-reactive ketones (excluding diaryl/α,β-unsaturated/α-hetero) is 1. The van der Waals surface area contributed by atoms with Crippen molar-refractivity contribution >= 4 is 15.6 Å². The molecule has 0 aliphatic heterocycles. The van der Waals surface area contributed by atoms with Crippen molar-refractivity contribution in [2.45, 2.75) is 19.8 Å². The van der Waals surface area contributed by atoms with Gasteiger partial charge in [-0.3, -0.25) is 4.79 Å². The van der Waals surface area contributed by atoms with Crippen molar-refractivity contribution < 1.29 is 17.6 Å². The summed E-state index contributed by atoms with van der Waals surface area (Å²) in [6, 6.07) is 4.49. The van der Waals surface area contributed by atoms with Gasteiger partial charge in [0, 0.05) is 12.7 Å². The molecule has 3 nitrogen and oxygen atoms in total. The Morgan fingerprint density at radius 1 is 1.35 bits per heavy atom. The van der Waals surface area contributed by atoms with Gasteiger partial charge in [0.05, 0.1) is 5.75 Å². The fraction of sp³-hybridized carbons (Fsp3) is 0.417. The molecule has 0 spiro atoms. The van der Waals surface area contributed by atoms with E-state index in [4.69, 9.17) is 0 Å². The Morgan fingerprint density at radius 3 is 2.47 bits per heavy atom. The van der Waals surface area contributed by atoms with E-state index >= 15 is 0 Å². The van der Waals surface area contributed by atoms with Crippen molar-refractivity contribution in [2.24, 2.45) is 0 Å². The van der Waals surface area contributed by atoms with Gasteiger partial charge in [-0.1, -0.05) is 12.1 Å². The zero-order valence-corrected chi connectivity index (χ0v) is 10.7. The third-order valence-corrected chi connectivity index (χ3v) is 3.26. The predicted molar refractivity (Wildman–Crippen MR) is 64.2 cm³/mol. The highest BCUT2D eigenvalue weighted by molar-refractivity contribution is 7.90. The molecule has 5 heteroatoms. The van der Waals surface area contributed by atoms with Crippen LogP contribution in [0, 0.1) is 5.82 Å². The van der Waals surface area contributed by atoms with Crippen LogP contribution in [0.1, 0.15) is 18.1 Å². The second-order valence-corrected chi connectivity index (χ2v) is 6.44. The smallest absolute Gasteiger partial charge is 0.147 e. The Kier molecular flexibility index (Phi) is 4.40. The highest BCUT2D eigenvalue weighted by Gasteiger charge is 2.08. The number of benzene rings is 1. The third-order valence-electron chi connectivity index (χ3n) is 2.31. The van der Waals surface area contributed by atoms with E-state index in [1.54, 1.807) is 12.1 Å². The molecule has 0 aromatic heterocycles. The maximum Gasteiger partial charge on any atom is 0.147 e. The first kappa shape index (κ1) is 13.8. The molecule has 0 unspecified atom stereocenters. The van der Waals surface area contributed by atoms with Crippen LogP contribution in [0.15, 0.2) is 18.2 Å². The number of carbonyl (C=O) groups excluding carboxylic acids is 1. The summed E-state index contributed by atoms with van der Waals surface area (Å²) < 4.78 is 35.5. The van der Waals surface area contributed by atoms with Gasteiger partial charge < -0.3 is 0 Å². The Bertz CT molecular complexity index is 521. The Hall–Kier alpha value is -1.23. The number of sulfone groups is 1. The number of hydrogen-bond acceptors (Lipinski definition) is 3. The van der Waals surface area contributed by atoms with Crippen molar-refractivity contribution in [3.05, 3.63) is 35.1 Å². The van der Waals surface area contributed by atoms with E-state index in [1.165, 1.54) is 13.0 Å². The van der Waals surface area contributed by atoms with E-state index in [-0.39, 0.29) is 24.4 Å². The van der Waals surface area contributed by atoms with Crippen LogP contribution in [0.25, 0.3) is 0 Å². The van der Waals surface area contributed by atoms with E-state index in [0.29, 0.717) is 11.1 Å². The van der Waals surface area contributed by atoms with Gasteiger partial charge in [-0.25, -0.2) is 12.8 Å². The minimum Gasteiger partial charge on any atom is -0.300 e. The van der Waals surface area contributed by atoms with Crippen LogP contribution in [-0.4, -0.2) is 26.2 Å². The van der Waals surface area contributed by atoms with Crippen molar-refractivity contribution in [3.63, 3.8) is 0 Å². The van der Waals surface area contributed by atoms with Crippen LogP contribution in [0.4, 0.5) is 4.39 Å². The summed E-state index contributed by atoms with van der Waals surface area (Å²) in [6.45, 7) is 1.44. The molecule has 0 aliphatic carbocycles. The van der Waals surface area contributed by atoms with Gasteiger partial charge in [-0.05, 0) is 30.5 Å². The molecule has 0 fully saturated rings. The SMILES string of the molecule is CC(=O)Cc1ccc(CCS(C)(=O)=O)c(F)c1. The summed E-state index contributed by atoms with van der Waals surface area (Å²) in [5, 5.41) is 0. The van der Waals surface area contributed by atoms with Gasteiger partial charge in [-0.15, -0.1) is 0 Å². The van der Waals surface area contributed by atoms with Crippen LogP contribution < -0.4 is 0 Å². The summed E-state index contributed by atoms with van der Waals surface area (Å²) in [7, 11) is -3.09. The maximum atomic E-state index is 13.6. The van der Waals surface area contributed by atoms with Gasteiger partial charge in [-0.2, -0.15) is 0 Å². The van der Waals surface area contributed by atoms with Gasteiger partial charge >= 0.3 is 0 Å². The van der Waals surface area contributed by atoms with Crippen molar-refractivity contribution in [1.29, 1.82) is 0 Å². The highest BCUT2D eigenvalue weighted by atomic mass is 32.2. The summed E-state index contributed by atoms with van der Waals surface area (Å²) in [4.78, 5) is 10.9. The third kappa shape index (κ3) is 5.08. The van der Waals surface area contributed by atoms with Crippen molar-refractivity contribution in [2.75, 3.05) is 12.0 Å². The Morgan fingerprint density at radius 2 is 2.00 bits per heavy atom. The summed E-state index contributed by atoms with van der Waals surface area (Å²) in [6.07, 6.45) is 1.48. The first-order valence-corrected chi connectivity index (χ1v) is 7.28. The van der Waals surface area contributed by atoms with E-state index in [9.17, 15) is 17.6 Å². The van der Waals surface area contributed by atoms with E-state index in [1.807, 2.05) is 0 Å². The quantitative estimate of drug-likeness (QED) is 0.805. The van der Waals surface area contributed by atoms with Gasteiger partial charge in [0.1, 0.15) is 21.4 Å². The number of ketones is 1. The Balaban J connectivity index is 2.79.